The predicted octanol–water partition coefficient (Wildman–Crippen LogP) is 1.21. The molecule has 0 heterocycles. The fraction of sp³-hybridized carbons (Fsp3) is 0.364. The van der Waals surface area contributed by atoms with Crippen LogP contribution < -0.4 is 4.72 Å². The van der Waals surface area contributed by atoms with Crippen LogP contribution in [0.4, 0.5) is 4.39 Å². The third-order valence-electron chi connectivity index (χ3n) is 2.32. The number of carboxylic acid groups (broad SMARTS) is 1. The lowest BCUT2D eigenvalue weighted by Crippen LogP contribution is -2.44. The van der Waals surface area contributed by atoms with E-state index in [4.69, 9.17) is 5.11 Å². The topological polar surface area (TPSA) is 83.5 Å². The lowest BCUT2D eigenvalue weighted by Gasteiger charge is -2.17. The first kappa shape index (κ1) is 14.6. The van der Waals surface area contributed by atoms with Gasteiger partial charge < -0.3 is 5.11 Å². The summed E-state index contributed by atoms with van der Waals surface area (Å²) in [6, 6.07) is 3.13. The summed E-state index contributed by atoms with van der Waals surface area (Å²) in [5.41, 5.74) is 0. The number of benzene rings is 1. The number of carboxylic acids is 1. The summed E-state index contributed by atoms with van der Waals surface area (Å²) in [7, 11) is -4.04. The Bertz CT molecular complexity index is 542. The average Bonchev–Trinajstić information content (AvgIpc) is 2.25. The first-order valence-electron chi connectivity index (χ1n) is 5.25. The Kier molecular flexibility index (Phi) is 4.42. The Labute approximate surface area is 105 Å². The average molecular weight is 275 g/mol. The van der Waals surface area contributed by atoms with E-state index < -0.39 is 33.8 Å². The number of nitrogens with one attached hydrogen (secondary N) is 1. The van der Waals surface area contributed by atoms with Gasteiger partial charge in [0.25, 0.3) is 0 Å². The Balaban J connectivity index is 3.05. The van der Waals surface area contributed by atoms with Crippen LogP contribution in [0, 0.1) is 11.7 Å². The number of carbonyl (C=O) groups is 1. The normalized spacial score (nSPS) is 13.6. The SMILES string of the molecule is CC(C)C(NS(=O)(=O)c1cccc(F)c1)C(=O)O. The first-order chi connectivity index (χ1) is 8.24. The molecule has 2 N–H and O–H groups in total. The fourth-order valence-electron chi connectivity index (χ4n) is 1.34. The second-order valence-corrected chi connectivity index (χ2v) is 5.85. The summed E-state index contributed by atoms with van der Waals surface area (Å²) < 4.78 is 38.7. The van der Waals surface area contributed by atoms with Crippen LogP contribution in [0.25, 0.3) is 0 Å². The van der Waals surface area contributed by atoms with Gasteiger partial charge in [-0.3, -0.25) is 4.79 Å². The number of rotatable bonds is 5. The van der Waals surface area contributed by atoms with E-state index in [0.29, 0.717) is 0 Å². The maximum Gasteiger partial charge on any atom is 0.322 e. The summed E-state index contributed by atoms with van der Waals surface area (Å²) >= 11 is 0. The lowest BCUT2D eigenvalue weighted by atomic mass is 10.1. The number of hydrogen-bond donors (Lipinski definition) is 2. The largest absolute Gasteiger partial charge is 0.480 e. The van der Waals surface area contributed by atoms with Crippen molar-refractivity contribution in [1.29, 1.82) is 0 Å². The van der Waals surface area contributed by atoms with Crippen LogP contribution in [0.3, 0.4) is 0 Å². The highest BCUT2D eigenvalue weighted by atomic mass is 32.2. The van der Waals surface area contributed by atoms with E-state index in [1.165, 1.54) is 12.1 Å². The zero-order valence-corrected chi connectivity index (χ0v) is 10.7. The van der Waals surface area contributed by atoms with Crippen molar-refractivity contribution in [2.24, 2.45) is 5.92 Å². The van der Waals surface area contributed by atoms with Gasteiger partial charge in [-0.15, -0.1) is 0 Å². The fourth-order valence-corrected chi connectivity index (χ4v) is 2.71. The highest BCUT2D eigenvalue weighted by molar-refractivity contribution is 7.89. The maximum absolute atomic E-state index is 12.9. The molecule has 100 valence electrons. The minimum absolute atomic E-state index is 0.297. The molecule has 18 heavy (non-hydrogen) atoms. The van der Waals surface area contributed by atoms with Crippen molar-refractivity contribution in [3.05, 3.63) is 30.1 Å². The maximum atomic E-state index is 12.9. The van der Waals surface area contributed by atoms with Gasteiger partial charge in [0.2, 0.25) is 10.0 Å². The molecule has 0 aromatic heterocycles. The van der Waals surface area contributed by atoms with Crippen molar-refractivity contribution in [3.8, 4) is 0 Å². The van der Waals surface area contributed by atoms with Gasteiger partial charge >= 0.3 is 5.97 Å². The van der Waals surface area contributed by atoms with Crippen LogP contribution in [-0.2, 0) is 14.8 Å². The van der Waals surface area contributed by atoms with Crippen LogP contribution in [0.15, 0.2) is 29.2 Å². The van der Waals surface area contributed by atoms with Gasteiger partial charge in [-0.1, -0.05) is 19.9 Å². The summed E-state index contributed by atoms with van der Waals surface area (Å²) in [4.78, 5) is 10.6. The molecule has 0 amide bonds. The predicted molar refractivity (Wildman–Crippen MR) is 63.0 cm³/mol. The molecular formula is C11H14FNO4S. The van der Waals surface area contributed by atoms with Crippen molar-refractivity contribution in [1.82, 2.24) is 4.72 Å². The molecule has 0 saturated carbocycles. The molecule has 1 aromatic rings. The number of halogens is 1. The van der Waals surface area contributed by atoms with E-state index in [1.807, 2.05) is 4.72 Å². The number of hydrogen-bond acceptors (Lipinski definition) is 3. The summed E-state index contributed by atoms with van der Waals surface area (Å²) in [6.07, 6.45) is 0. The Morgan fingerprint density at radius 3 is 2.44 bits per heavy atom. The molecule has 1 aromatic carbocycles. The molecule has 0 aliphatic carbocycles. The van der Waals surface area contributed by atoms with Crippen LogP contribution in [0.5, 0.6) is 0 Å². The minimum atomic E-state index is -4.04. The summed E-state index contributed by atoms with van der Waals surface area (Å²) in [5.74, 6) is -2.40. The molecular weight excluding hydrogens is 261 g/mol. The second-order valence-electron chi connectivity index (χ2n) is 4.14. The van der Waals surface area contributed by atoms with Crippen molar-refractivity contribution in [3.63, 3.8) is 0 Å². The number of sulfonamides is 1. The monoisotopic (exact) mass is 275 g/mol. The van der Waals surface area contributed by atoms with Crippen molar-refractivity contribution in [2.75, 3.05) is 0 Å². The van der Waals surface area contributed by atoms with Gasteiger partial charge in [-0.05, 0) is 24.1 Å². The van der Waals surface area contributed by atoms with Crippen LogP contribution in [0.2, 0.25) is 0 Å². The second kappa shape index (κ2) is 5.45. The van der Waals surface area contributed by atoms with Gasteiger partial charge in [0.05, 0.1) is 4.90 Å². The molecule has 1 unspecified atom stereocenters. The molecule has 0 fully saturated rings. The molecule has 0 bridgehead atoms. The molecule has 1 atom stereocenters. The van der Waals surface area contributed by atoms with Crippen LogP contribution in [-0.4, -0.2) is 25.5 Å². The third kappa shape index (κ3) is 3.51. The lowest BCUT2D eigenvalue weighted by molar-refractivity contribution is -0.140. The van der Waals surface area contributed by atoms with Gasteiger partial charge in [0.15, 0.2) is 0 Å². The molecule has 0 aliphatic heterocycles. The Hall–Kier alpha value is -1.47. The van der Waals surface area contributed by atoms with E-state index in [-0.39, 0.29) is 4.90 Å². The van der Waals surface area contributed by atoms with Crippen molar-refractivity contribution < 1.29 is 22.7 Å². The van der Waals surface area contributed by atoms with Gasteiger partial charge in [-0.25, -0.2) is 12.8 Å². The molecule has 5 nitrogen and oxygen atoms in total. The zero-order chi connectivity index (χ0) is 13.9. The Morgan fingerprint density at radius 1 is 1.39 bits per heavy atom. The highest BCUT2D eigenvalue weighted by Gasteiger charge is 2.28. The quantitative estimate of drug-likeness (QED) is 0.846. The summed E-state index contributed by atoms with van der Waals surface area (Å²) in [6.45, 7) is 3.15. The van der Waals surface area contributed by atoms with Crippen molar-refractivity contribution >= 4 is 16.0 Å². The van der Waals surface area contributed by atoms with E-state index in [9.17, 15) is 17.6 Å². The standard InChI is InChI=1S/C11H14FNO4S/c1-7(2)10(11(14)15)13-18(16,17)9-5-3-4-8(12)6-9/h3-7,10,13H,1-2H3,(H,14,15). The van der Waals surface area contributed by atoms with E-state index in [2.05, 4.69) is 0 Å². The molecule has 0 spiro atoms. The van der Waals surface area contributed by atoms with Gasteiger partial charge in [0, 0.05) is 0 Å². The highest BCUT2D eigenvalue weighted by Crippen LogP contribution is 2.13. The molecule has 0 aliphatic rings. The van der Waals surface area contributed by atoms with Crippen LogP contribution >= 0.6 is 0 Å². The smallest absolute Gasteiger partial charge is 0.322 e. The van der Waals surface area contributed by atoms with Crippen LogP contribution in [0.1, 0.15) is 13.8 Å². The first-order valence-corrected chi connectivity index (χ1v) is 6.73. The molecule has 0 radical (unpaired) electrons. The van der Waals surface area contributed by atoms with E-state index in [1.54, 1.807) is 13.8 Å². The zero-order valence-electron chi connectivity index (χ0n) is 9.92. The number of aliphatic carboxylic acids is 1. The third-order valence-corrected chi connectivity index (χ3v) is 3.76. The molecule has 1 rings (SSSR count). The van der Waals surface area contributed by atoms with Gasteiger partial charge in [0.1, 0.15) is 11.9 Å². The molecule has 0 saturated heterocycles. The van der Waals surface area contributed by atoms with E-state index in [0.717, 1.165) is 12.1 Å². The van der Waals surface area contributed by atoms with Gasteiger partial charge in [-0.2, -0.15) is 4.72 Å². The van der Waals surface area contributed by atoms with Crippen molar-refractivity contribution in [2.45, 2.75) is 24.8 Å². The summed E-state index contributed by atoms with van der Waals surface area (Å²) in [5, 5.41) is 8.91. The molecule has 7 heteroatoms. The van der Waals surface area contributed by atoms with E-state index >= 15 is 0 Å². The Morgan fingerprint density at radius 2 is 2.00 bits per heavy atom. The minimum Gasteiger partial charge on any atom is -0.480 e.